The van der Waals surface area contributed by atoms with Crippen molar-refractivity contribution in [3.63, 3.8) is 0 Å². The zero-order valence-corrected chi connectivity index (χ0v) is 17.4. The Morgan fingerprint density at radius 2 is 1.76 bits per heavy atom. The minimum absolute atomic E-state index is 0.0462. The molecule has 0 atom stereocenters. The lowest BCUT2D eigenvalue weighted by molar-refractivity contribution is -0.189. The van der Waals surface area contributed by atoms with E-state index in [1.54, 1.807) is 24.3 Å². The molecular formula is C23H16F3N3O5. The number of nitrogens with one attached hydrogen (secondary N) is 1. The van der Waals surface area contributed by atoms with Crippen molar-refractivity contribution in [2.45, 2.75) is 6.18 Å². The fraction of sp³-hybridized carbons (Fsp3) is 0.217. The number of alkyl halides is 3. The molecule has 2 aromatic carbocycles. The number of piperazine rings is 1. The van der Waals surface area contributed by atoms with Crippen molar-refractivity contribution in [2.24, 2.45) is 0 Å². The van der Waals surface area contributed by atoms with Gasteiger partial charge >= 0.3 is 12.1 Å². The van der Waals surface area contributed by atoms with Crippen LogP contribution in [-0.2, 0) is 4.79 Å². The van der Waals surface area contributed by atoms with Crippen molar-refractivity contribution in [3.05, 3.63) is 58.3 Å². The lowest BCUT2D eigenvalue weighted by Gasteiger charge is -2.28. The van der Waals surface area contributed by atoms with Crippen LogP contribution in [0.1, 0.15) is 10.4 Å². The van der Waals surface area contributed by atoms with Crippen LogP contribution in [0.4, 0.5) is 13.2 Å². The van der Waals surface area contributed by atoms with Crippen LogP contribution in [0.15, 0.2) is 51.7 Å². The number of rotatable bonds is 2. The van der Waals surface area contributed by atoms with Gasteiger partial charge in [0.15, 0.2) is 16.8 Å². The van der Waals surface area contributed by atoms with Gasteiger partial charge in [0, 0.05) is 43.0 Å². The Morgan fingerprint density at radius 1 is 1.06 bits per heavy atom. The standard InChI is InChI=1S/C23H16F3N3O5/c24-23(25,26)22(32)34-16-6-5-14-20(18(16)21(31)29-9-7-27-8-10-29)33-17-11-15(30)12-3-1-2-4-13(12)19(17)28-14/h1-6,11,27H,7-10H2. The van der Waals surface area contributed by atoms with E-state index in [0.29, 0.717) is 29.6 Å². The van der Waals surface area contributed by atoms with Gasteiger partial charge < -0.3 is 19.4 Å². The number of esters is 1. The first kappa shape index (κ1) is 21.8. The van der Waals surface area contributed by atoms with E-state index in [0.717, 1.165) is 6.07 Å². The van der Waals surface area contributed by atoms with E-state index in [1.807, 2.05) is 0 Å². The highest BCUT2D eigenvalue weighted by atomic mass is 19.4. The van der Waals surface area contributed by atoms with Crippen LogP contribution in [0.25, 0.3) is 33.3 Å². The summed E-state index contributed by atoms with van der Waals surface area (Å²) in [5.74, 6) is -3.70. The predicted molar refractivity (Wildman–Crippen MR) is 115 cm³/mol. The molecule has 34 heavy (non-hydrogen) atoms. The van der Waals surface area contributed by atoms with E-state index in [1.165, 1.54) is 17.0 Å². The van der Waals surface area contributed by atoms with E-state index in [4.69, 9.17) is 4.42 Å². The highest BCUT2D eigenvalue weighted by molar-refractivity contribution is 6.08. The fourth-order valence-electron chi connectivity index (χ4n) is 3.94. The number of halogens is 3. The Bertz CT molecular complexity index is 1470. The molecule has 0 aromatic heterocycles. The molecule has 5 rings (SSSR count). The number of aromatic nitrogens is 1. The lowest BCUT2D eigenvalue weighted by atomic mass is 10.0. The average Bonchev–Trinajstić information content (AvgIpc) is 2.83. The number of nitrogens with zero attached hydrogens (tertiary/aromatic N) is 2. The normalized spacial score (nSPS) is 14.6. The molecule has 1 saturated heterocycles. The molecule has 11 heteroatoms. The van der Waals surface area contributed by atoms with Crippen molar-refractivity contribution < 1.29 is 31.9 Å². The molecule has 2 heterocycles. The summed E-state index contributed by atoms with van der Waals surface area (Å²) in [5, 5.41) is 4.02. The Labute approximate surface area is 189 Å². The molecule has 0 bridgehead atoms. The largest absolute Gasteiger partial charge is 0.491 e. The van der Waals surface area contributed by atoms with Gasteiger partial charge in [0.2, 0.25) is 0 Å². The molecule has 0 saturated carbocycles. The summed E-state index contributed by atoms with van der Waals surface area (Å²) in [6, 6.07) is 10.4. The molecule has 0 unspecified atom stereocenters. The quantitative estimate of drug-likeness (QED) is 0.208. The van der Waals surface area contributed by atoms with Gasteiger partial charge in [-0.2, -0.15) is 13.2 Å². The first-order valence-corrected chi connectivity index (χ1v) is 10.3. The summed E-state index contributed by atoms with van der Waals surface area (Å²) < 4.78 is 49.1. The third-order valence-corrected chi connectivity index (χ3v) is 5.54. The molecule has 8 nitrogen and oxygen atoms in total. The monoisotopic (exact) mass is 471 g/mol. The molecule has 1 fully saturated rings. The van der Waals surface area contributed by atoms with E-state index in [9.17, 15) is 27.6 Å². The summed E-state index contributed by atoms with van der Waals surface area (Å²) in [7, 11) is 0. The molecule has 1 N–H and O–H groups in total. The number of carbonyl (C=O) groups excluding carboxylic acids is 2. The summed E-state index contributed by atoms with van der Waals surface area (Å²) in [6.07, 6.45) is -5.26. The molecular weight excluding hydrogens is 455 g/mol. The van der Waals surface area contributed by atoms with Crippen molar-refractivity contribution in [2.75, 3.05) is 26.2 Å². The number of hydrogen-bond donors (Lipinski definition) is 1. The third-order valence-electron chi connectivity index (χ3n) is 5.54. The van der Waals surface area contributed by atoms with Crippen molar-refractivity contribution >= 4 is 33.7 Å². The summed E-state index contributed by atoms with van der Waals surface area (Å²) in [6.45, 7) is 1.55. The molecule has 0 spiro atoms. The minimum Gasteiger partial charge on any atom is -0.452 e. The first-order chi connectivity index (χ1) is 16.2. The van der Waals surface area contributed by atoms with Crippen LogP contribution in [0.3, 0.4) is 0 Å². The minimum atomic E-state index is -5.26. The van der Waals surface area contributed by atoms with Gasteiger partial charge in [-0.15, -0.1) is 0 Å². The van der Waals surface area contributed by atoms with Gasteiger partial charge in [-0.1, -0.05) is 24.3 Å². The van der Waals surface area contributed by atoms with Crippen molar-refractivity contribution in [1.29, 1.82) is 0 Å². The van der Waals surface area contributed by atoms with Crippen molar-refractivity contribution in [3.8, 4) is 17.2 Å². The molecule has 2 aromatic rings. The van der Waals surface area contributed by atoms with Gasteiger partial charge in [-0.05, 0) is 12.1 Å². The fourth-order valence-corrected chi connectivity index (χ4v) is 3.94. The number of amides is 1. The number of hydrogen-bond acceptors (Lipinski definition) is 7. The zero-order valence-electron chi connectivity index (χ0n) is 17.4. The first-order valence-electron chi connectivity index (χ1n) is 10.3. The van der Waals surface area contributed by atoms with Crippen LogP contribution >= 0.6 is 0 Å². The molecule has 2 aliphatic heterocycles. The number of benzene rings is 3. The second-order valence-electron chi connectivity index (χ2n) is 7.70. The maximum absolute atomic E-state index is 13.4. The van der Waals surface area contributed by atoms with Crippen LogP contribution in [-0.4, -0.2) is 54.1 Å². The molecule has 1 aliphatic carbocycles. The SMILES string of the molecule is O=C(c1c(OC(=O)C(F)(F)F)ccc2nc3c4ccccc4c(=O)cc-3oc12)N1CCNCC1. The molecule has 3 aliphatic rings. The second-order valence-corrected chi connectivity index (χ2v) is 7.70. The van der Waals surface area contributed by atoms with Crippen LogP contribution in [0.2, 0.25) is 0 Å². The Balaban J connectivity index is 1.76. The van der Waals surface area contributed by atoms with E-state index in [2.05, 4.69) is 15.0 Å². The van der Waals surface area contributed by atoms with Crippen LogP contribution in [0.5, 0.6) is 5.75 Å². The average molecular weight is 471 g/mol. The Hall–Kier alpha value is -3.99. The van der Waals surface area contributed by atoms with Gasteiger partial charge in [0.25, 0.3) is 5.91 Å². The topological polar surface area (TPSA) is 102 Å². The highest BCUT2D eigenvalue weighted by Gasteiger charge is 2.42. The number of fused-ring (bicyclic) bond motifs is 4. The molecule has 0 radical (unpaired) electrons. The molecule has 174 valence electrons. The van der Waals surface area contributed by atoms with Gasteiger partial charge in [0.1, 0.15) is 22.5 Å². The Morgan fingerprint density at radius 3 is 2.47 bits per heavy atom. The van der Waals surface area contributed by atoms with E-state index >= 15 is 0 Å². The highest BCUT2D eigenvalue weighted by Crippen LogP contribution is 2.36. The smallest absolute Gasteiger partial charge is 0.452 e. The van der Waals surface area contributed by atoms with Gasteiger partial charge in [0.05, 0.1) is 0 Å². The summed E-state index contributed by atoms with van der Waals surface area (Å²) in [5.41, 5.74) is -0.391. The molecule has 1 amide bonds. The van der Waals surface area contributed by atoms with E-state index < -0.39 is 23.8 Å². The summed E-state index contributed by atoms with van der Waals surface area (Å²) in [4.78, 5) is 43.4. The number of ether oxygens (including phenoxy) is 1. The van der Waals surface area contributed by atoms with Crippen LogP contribution in [0, 0.1) is 0 Å². The summed E-state index contributed by atoms with van der Waals surface area (Å²) >= 11 is 0. The zero-order chi connectivity index (χ0) is 24.0. The second kappa shape index (κ2) is 8.10. The van der Waals surface area contributed by atoms with E-state index in [-0.39, 0.29) is 40.9 Å². The van der Waals surface area contributed by atoms with Gasteiger partial charge in [-0.25, -0.2) is 9.78 Å². The maximum Gasteiger partial charge on any atom is 0.491 e. The third kappa shape index (κ3) is 3.73. The number of carbonyl (C=O) groups is 2. The Kier molecular flexibility index (Phi) is 5.20. The van der Waals surface area contributed by atoms with Crippen LogP contribution < -0.4 is 15.5 Å². The van der Waals surface area contributed by atoms with Gasteiger partial charge in [-0.3, -0.25) is 9.59 Å². The van der Waals surface area contributed by atoms with Crippen molar-refractivity contribution in [1.82, 2.24) is 15.2 Å². The predicted octanol–water partition coefficient (Wildman–Crippen LogP) is 2.96. The maximum atomic E-state index is 13.4. The lowest BCUT2D eigenvalue weighted by Crippen LogP contribution is -2.46.